The van der Waals surface area contributed by atoms with Crippen molar-refractivity contribution in [3.8, 4) is 5.75 Å². The highest BCUT2D eigenvalue weighted by Crippen LogP contribution is 2.55. The highest BCUT2D eigenvalue weighted by atomic mass is 32.1. The lowest BCUT2D eigenvalue weighted by Crippen LogP contribution is -2.60. The standard InChI is InChI=1S/C25H26N4O2S/c1-31-19-12-6-5-11-18(19)28-22(30)20-21(29-23(28)26-27-24(29)32)17-10-4-3-9-16(17)15-25(20)13-7-2-8-14-25/h3-6,9-12,23,26H,2,7-8,13-15H2,1H3,(H,27,32). The van der Waals surface area contributed by atoms with Crippen LogP contribution in [0.3, 0.4) is 0 Å². The third-order valence-electron chi connectivity index (χ3n) is 7.41. The van der Waals surface area contributed by atoms with Crippen molar-refractivity contribution in [1.29, 1.82) is 0 Å². The third-order valence-corrected chi connectivity index (χ3v) is 7.71. The Balaban J connectivity index is 1.63. The van der Waals surface area contributed by atoms with Gasteiger partial charge in [0.25, 0.3) is 5.91 Å². The summed E-state index contributed by atoms with van der Waals surface area (Å²) >= 11 is 5.76. The summed E-state index contributed by atoms with van der Waals surface area (Å²) in [5.74, 6) is 0.708. The molecule has 2 aromatic rings. The fraction of sp³-hybridized carbons (Fsp3) is 0.360. The predicted molar refractivity (Wildman–Crippen MR) is 128 cm³/mol. The number of carbonyl (C=O) groups excluding carboxylic acids is 1. The van der Waals surface area contributed by atoms with Crippen molar-refractivity contribution >= 4 is 34.6 Å². The van der Waals surface area contributed by atoms with Gasteiger partial charge in [-0.3, -0.25) is 20.0 Å². The number of hydrogen-bond acceptors (Lipinski definition) is 4. The fourth-order valence-electron chi connectivity index (χ4n) is 6.05. The van der Waals surface area contributed by atoms with Crippen molar-refractivity contribution in [3.05, 3.63) is 65.2 Å². The number of benzene rings is 2. The van der Waals surface area contributed by atoms with Crippen LogP contribution < -0.4 is 20.5 Å². The molecule has 1 saturated heterocycles. The van der Waals surface area contributed by atoms with Crippen molar-refractivity contribution in [2.75, 3.05) is 12.0 Å². The minimum Gasteiger partial charge on any atom is -0.495 e. The second kappa shape index (κ2) is 7.32. The van der Waals surface area contributed by atoms with Gasteiger partial charge < -0.3 is 4.74 Å². The molecule has 6 nitrogen and oxygen atoms in total. The summed E-state index contributed by atoms with van der Waals surface area (Å²) in [5.41, 5.74) is 11.2. The number of para-hydroxylation sites is 2. The molecule has 2 N–H and O–H groups in total. The normalized spacial score (nSPS) is 23.6. The van der Waals surface area contributed by atoms with E-state index in [0.29, 0.717) is 10.9 Å². The maximum atomic E-state index is 14.4. The summed E-state index contributed by atoms with van der Waals surface area (Å²) in [5, 5.41) is 0.581. The molecule has 0 aromatic heterocycles. The molecule has 7 heteroatoms. The zero-order chi connectivity index (χ0) is 21.9. The average molecular weight is 447 g/mol. The zero-order valence-electron chi connectivity index (χ0n) is 18.1. The molecule has 1 amide bonds. The van der Waals surface area contributed by atoms with Crippen LogP contribution >= 0.6 is 12.2 Å². The first kappa shape index (κ1) is 19.8. The highest BCUT2D eigenvalue weighted by molar-refractivity contribution is 7.80. The van der Waals surface area contributed by atoms with Crippen molar-refractivity contribution in [3.63, 3.8) is 0 Å². The van der Waals surface area contributed by atoms with E-state index in [9.17, 15) is 4.79 Å². The molecule has 2 fully saturated rings. The number of fused-ring (bicyclic) bond motifs is 5. The summed E-state index contributed by atoms with van der Waals surface area (Å²) in [4.78, 5) is 18.3. The van der Waals surface area contributed by atoms with Gasteiger partial charge in [-0.1, -0.05) is 55.7 Å². The van der Waals surface area contributed by atoms with Crippen LogP contribution in [0.1, 0.15) is 43.2 Å². The van der Waals surface area contributed by atoms with E-state index < -0.39 is 6.29 Å². The number of amides is 1. The van der Waals surface area contributed by atoms with E-state index in [2.05, 4.69) is 34.0 Å². The van der Waals surface area contributed by atoms with E-state index in [1.165, 1.54) is 12.0 Å². The number of thiocarbonyl (C=S) groups is 1. The molecule has 32 heavy (non-hydrogen) atoms. The molecule has 164 valence electrons. The number of ether oxygens (including phenoxy) is 1. The first-order valence-electron chi connectivity index (χ1n) is 11.3. The molecule has 1 saturated carbocycles. The van der Waals surface area contributed by atoms with Crippen LogP contribution in [0, 0.1) is 5.41 Å². The molecular formula is C25H26N4O2S. The van der Waals surface area contributed by atoms with Crippen LogP contribution in [0.4, 0.5) is 5.69 Å². The van der Waals surface area contributed by atoms with Gasteiger partial charge in [-0.15, -0.1) is 0 Å². The lowest BCUT2D eigenvalue weighted by molar-refractivity contribution is -0.118. The Morgan fingerprint density at radius 3 is 2.59 bits per heavy atom. The third kappa shape index (κ3) is 2.67. The quantitative estimate of drug-likeness (QED) is 0.682. The summed E-state index contributed by atoms with van der Waals surface area (Å²) in [7, 11) is 1.64. The smallest absolute Gasteiger partial charge is 0.259 e. The van der Waals surface area contributed by atoms with Crippen LogP contribution in [0.15, 0.2) is 54.1 Å². The van der Waals surface area contributed by atoms with Crippen molar-refractivity contribution in [2.45, 2.75) is 44.8 Å². The van der Waals surface area contributed by atoms with Crippen LogP contribution in [-0.4, -0.2) is 29.3 Å². The maximum absolute atomic E-state index is 14.4. The van der Waals surface area contributed by atoms with E-state index in [1.54, 1.807) is 7.11 Å². The van der Waals surface area contributed by atoms with Gasteiger partial charge in [0.1, 0.15) is 5.75 Å². The van der Waals surface area contributed by atoms with Gasteiger partial charge >= 0.3 is 0 Å². The van der Waals surface area contributed by atoms with Crippen LogP contribution in [0.25, 0.3) is 5.70 Å². The van der Waals surface area contributed by atoms with E-state index >= 15 is 0 Å². The number of hydrogen-bond donors (Lipinski definition) is 2. The van der Waals surface area contributed by atoms with Gasteiger partial charge in [-0.25, -0.2) is 0 Å². The number of nitrogens with zero attached hydrogens (tertiary/aromatic N) is 2. The maximum Gasteiger partial charge on any atom is 0.259 e. The zero-order valence-corrected chi connectivity index (χ0v) is 18.9. The second-order valence-corrected chi connectivity index (χ2v) is 9.45. The number of hydrazine groups is 1. The molecule has 2 aromatic carbocycles. The van der Waals surface area contributed by atoms with Crippen molar-refractivity contribution in [1.82, 2.24) is 15.8 Å². The molecule has 6 rings (SSSR count). The van der Waals surface area contributed by atoms with Gasteiger partial charge in [-0.2, -0.15) is 5.43 Å². The number of anilines is 1. The highest BCUT2D eigenvalue weighted by Gasteiger charge is 2.54. The molecule has 1 unspecified atom stereocenters. The summed E-state index contributed by atoms with van der Waals surface area (Å²) in [6.07, 6.45) is 6.01. The van der Waals surface area contributed by atoms with Gasteiger partial charge in [0.05, 0.1) is 18.5 Å². The number of carbonyl (C=O) groups is 1. The van der Waals surface area contributed by atoms with Gasteiger partial charge in [0.15, 0.2) is 11.4 Å². The Morgan fingerprint density at radius 1 is 1.03 bits per heavy atom. The van der Waals surface area contributed by atoms with Crippen LogP contribution in [-0.2, 0) is 11.2 Å². The fourth-order valence-corrected chi connectivity index (χ4v) is 6.30. The Bertz CT molecular complexity index is 1150. The Morgan fingerprint density at radius 2 is 1.78 bits per heavy atom. The van der Waals surface area contributed by atoms with Crippen LogP contribution in [0.2, 0.25) is 0 Å². The van der Waals surface area contributed by atoms with Crippen molar-refractivity contribution in [2.24, 2.45) is 5.41 Å². The Hall–Kier alpha value is -2.90. The minimum atomic E-state index is -0.461. The second-order valence-electron chi connectivity index (χ2n) is 9.06. The lowest BCUT2D eigenvalue weighted by Gasteiger charge is -2.51. The largest absolute Gasteiger partial charge is 0.495 e. The molecular weight excluding hydrogens is 420 g/mol. The molecule has 0 radical (unpaired) electrons. The van der Waals surface area contributed by atoms with E-state index in [-0.39, 0.29) is 11.3 Å². The Labute approximate surface area is 193 Å². The topological polar surface area (TPSA) is 56.8 Å². The van der Waals surface area contributed by atoms with Crippen LogP contribution in [0.5, 0.6) is 5.75 Å². The van der Waals surface area contributed by atoms with Gasteiger partial charge in [0, 0.05) is 16.6 Å². The predicted octanol–water partition coefficient (Wildman–Crippen LogP) is 3.94. The minimum absolute atomic E-state index is 0.0427. The average Bonchev–Trinajstić information content (AvgIpc) is 3.20. The van der Waals surface area contributed by atoms with Crippen molar-refractivity contribution < 1.29 is 9.53 Å². The first-order valence-corrected chi connectivity index (χ1v) is 11.7. The molecule has 0 bridgehead atoms. The van der Waals surface area contributed by atoms with E-state index in [0.717, 1.165) is 54.6 Å². The number of methoxy groups -OCH3 is 1. The molecule has 2 heterocycles. The lowest BCUT2D eigenvalue weighted by atomic mass is 9.61. The monoisotopic (exact) mass is 446 g/mol. The molecule has 4 aliphatic rings. The summed E-state index contributed by atoms with van der Waals surface area (Å²) < 4.78 is 5.64. The van der Waals surface area contributed by atoms with E-state index in [1.807, 2.05) is 35.2 Å². The van der Waals surface area contributed by atoms with Gasteiger partial charge in [-0.05, 0) is 49.2 Å². The SMILES string of the molecule is COc1ccccc1N1C(=O)C2=C(c3ccccc3CC23CCCCC3)N2C(=S)NNC21. The number of nitrogens with one attached hydrogen (secondary N) is 2. The molecule has 2 aliphatic heterocycles. The molecule has 1 spiro atoms. The van der Waals surface area contributed by atoms with E-state index in [4.69, 9.17) is 17.0 Å². The molecule has 2 aliphatic carbocycles. The molecule has 1 atom stereocenters. The van der Waals surface area contributed by atoms with Gasteiger partial charge in [0.2, 0.25) is 0 Å². The first-order chi connectivity index (χ1) is 15.6. The summed E-state index contributed by atoms with van der Waals surface area (Å²) in [6, 6.07) is 16.2. The number of rotatable bonds is 2. The summed E-state index contributed by atoms with van der Waals surface area (Å²) in [6.45, 7) is 0. The Kier molecular flexibility index (Phi) is 4.52.